The summed E-state index contributed by atoms with van der Waals surface area (Å²) in [5.74, 6) is 0.0964. The number of rotatable bonds is 2. The van der Waals surface area contributed by atoms with Crippen LogP contribution in [0, 0.1) is 6.92 Å². The molecule has 2 aromatic rings. The largest absolute Gasteiger partial charge is 0.482 e. The van der Waals surface area contributed by atoms with Crippen molar-refractivity contribution in [3.05, 3.63) is 44.6 Å². The number of hydrogen-bond donors (Lipinski definition) is 1. The van der Waals surface area contributed by atoms with Gasteiger partial charge in [0.2, 0.25) is 5.78 Å². The van der Waals surface area contributed by atoms with Crippen molar-refractivity contribution in [3.63, 3.8) is 0 Å². The van der Waals surface area contributed by atoms with E-state index in [2.05, 4.69) is 5.32 Å². The van der Waals surface area contributed by atoms with E-state index in [1.807, 2.05) is 18.4 Å². The van der Waals surface area contributed by atoms with Gasteiger partial charge in [-0.1, -0.05) is 11.6 Å². The van der Waals surface area contributed by atoms with Crippen LogP contribution < -0.4 is 10.1 Å². The quantitative estimate of drug-likeness (QED) is 0.866. The summed E-state index contributed by atoms with van der Waals surface area (Å²) in [6.45, 7) is 1.83. The fourth-order valence-corrected chi connectivity index (χ4v) is 3.13. The molecule has 0 aliphatic carbocycles. The molecule has 0 saturated heterocycles. The molecule has 3 rings (SSSR count). The highest BCUT2D eigenvalue weighted by Crippen LogP contribution is 2.35. The van der Waals surface area contributed by atoms with Crippen LogP contribution in [0.3, 0.4) is 0 Å². The molecule has 6 heteroatoms. The van der Waals surface area contributed by atoms with E-state index >= 15 is 0 Å². The Kier molecular flexibility index (Phi) is 3.23. The molecule has 0 atom stereocenters. The fourth-order valence-electron chi connectivity index (χ4n) is 2.00. The van der Waals surface area contributed by atoms with Crippen LogP contribution >= 0.6 is 22.9 Å². The Hall–Kier alpha value is -1.85. The number of thiophene rings is 1. The number of ketones is 1. The number of ether oxygens (including phenoxy) is 1. The second kappa shape index (κ2) is 4.92. The maximum absolute atomic E-state index is 12.5. The van der Waals surface area contributed by atoms with Gasteiger partial charge in [0.25, 0.3) is 5.91 Å². The molecule has 2 heterocycles. The maximum Gasteiger partial charge on any atom is 0.262 e. The monoisotopic (exact) mass is 307 g/mol. The van der Waals surface area contributed by atoms with E-state index in [-0.39, 0.29) is 18.3 Å². The molecule has 0 fully saturated rings. The van der Waals surface area contributed by atoms with Crippen molar-refractivity contribution in [2.75, 3.05) is 11.9 Å². The van der Waals surface area contributed by atoms with Crippen LogP contribution in [0.25, 0.3) is 0 Å². The molecule has 0 saturated carbocycles. The van der Waals surface area contributed by atoms with Crippen LogP contribution in [0.4, 0.5) is 5.69 Å². The van der Waals surface area contributed by atoms with E-state index in [9.17, 15) is 9.59 Å². The summed E-state index contributed by atoms with van der Waals surface area (Å²) < 4.78 is 5.31. The van der Waals surface area contributed by atoms with Crippen molar-refractivity contribution >= 4 is 40.3 Å². The Labute approximate surface area is 124 Å². The molecular weight excluding hydrogens is 298 g/mol. The minimum atomic E-state index is -0.234. The van der Waals surface area contributed by atoms with Gasteiger partial charge in [0.1, 0.15) is 5.75 Å². The predicted octanol–water partition coefficient (Wildman–Crippen LogP) is 3.27. The van der Waals surface area contributed by atoms with E-state index in [0.29, 0.717) is 26.9 Å². The molecule has 20 heavy (non-hydrogen) atoms. The lowest BCUT2D eigenvalue weighted by Crippen LogP contribution is -2.25. The average Bonchev–Trinajstić information content (AvgIpc) is 2.83. The molecule has 0 bridgehead atoms. The molecule has 0 unspecified atom stereocenters. The average molecular weight is 308 g/mol. The second-order valence-electron chi connectivity index (χ2n) is 4.43. The summed E-state index contributed by atoms with van der Waals surface area (Å²) in [6.07, 6.45) is 0. The predicted molar refractivity (Wildman–Crippen MR) is 78.1 cm³/mol. The summed E-state index contributed by atoms with van der Waals surface area (Å²) in [5.41, 5.74) is 1.79. The zero-order valence-electron chi connectivity index (χ0n) is 10.5. The first kappa shape index (κ1) is 13.1. The van der Waals surface area contributed by atoms with Gasteiger partial charge in [-0.2, -0.15) is 0 Å². The standard InChI is InChI=1S/C14H10ClNO3S/c1-7-2-3-20-14(7)13(18)8-4-11-10(5-9(8)15)16-12(17)6-19-11/h2-5H,6H2,1H3,(H,16,17). The molecule has 1 aliphatic rings. The summed E-state index contributed by atoms with van der Waals surface area (Å²) in [4.78, 5) is 24.4. The topological polar surface area (TPSA) is 55.4 Å². The zero-order chi connectivity index (χ0) is 14.3. The third kappa shape index (κ3) is 2.19. The number of halogens is 1. The Bertz CT molecular complexity index is 723. The van der Waals surface area contributed by atoms with Gasteiger partial charge in [0, 0.05) is 5.56 Å². The van der Waals surface area contributed by atoms with Gasteiger partial charge in [-0.3, -0.25) is 9.59 Å². The minimum Gasteiger partial charge on any atom is -0.482 e. The van der Waals surface area contributed by atoms with Crippen molar-refractivity contribution < 1.29 is 14.3 Å². The Morgan fingerprint density at radius 3 is 2.95 bits per heavy atom. The molecule has 1 aromatic carbocycles. The summed E-state index contributed by atoms with van der Waals surface area (Å²) in [7, 11) is 0. The highest BCUT2D eigenvalue weighted by molar-refractivity contribution is 7.12. The van der Waals surface area contributed by atoms with Crippen molar-refractivity contribution in [1.29, 1.82) is 0 Å². The van der Waals surface area contributed by atoms with Crippen LogP contribution in [0.1, 0.15) is 20.8 Å². The maximum atomic E-state index is 12.5. The van der Waals surface area contributed by atoms with Crippen molar-refractivity contribution in [3.8, 4) is 5.75 Å². The normalized spacial score (nSPS) is 13.4. The van der Waals surface area contributed by atoms with Gasteiger partial charge in [-0.15, -0.1) is 11.3 Å². The van der Waals surface area contributed by atoms with E-state index in [1.165, 1.54) is 11.3 Å². The van der Waals surface area contributed by atoms with Crippen LogP contribution in [-0.4, -0.2) is 18.3 Å². The molecule has 0 spiro atoms. The lowest BCUT2D eigenvalue weighted by molar-refractivity contribution is -0.118. The number of benzene rings is 1. The molecule has 1 N–H and O–H groups in total. The van der Waals surface area contributed by atoms with Crippen molar-refractivity contribution in [2.45, 2.75) is 6.92 Å². The van der Waals surface area contributed by atoms with Gasteiger partial charge < -0.3 is 10.1 Å². The number of amides is 1. The zero-order valence-corrected chi connectivity index (χ0v) is 12.1. The van der Waals surface area contributed by atoms with Gasteiger partial charge in [0.15, 0.2) is 6.61 Å². The molecule has 4 nitrogen and oxygen atoms in total. The van der Waals surface area contributed by atoms with E-state index < -0.39 is 0 Å². The Balaban J connectivity index is 2.05. The number of carbonyl (C=O) groups excluding carboxylic acids is 2. The second-order valence-corrected chi connectivity index (χ2v) is 5.75. The van der Waals surface area contributed by atoms with Crippen LogP contribution in [0.15, 0.2) is 23.6 Å². The molecule has 1 aliphatic heterocycles. The first-order valence-corrected chi connectivity index (χ1v) is 7.17. The molecule has 1 aromatic heterocycles. The van der Waals surface area contributed by atoms with Crippen molar-refractivity contribution in [2.24, 2.45) is 0 Å². The van der Waals surface area contributed by atoms with Crippen LogP contribution in [-0.2, 0) is 4.79 Å². The third-order valence-corrected chi connectivity index (χ3v) is 4.34. The number of hydrogen-bond acceptors (Lipinski definition) is 4. The van der Waals surface area contributed by atoms with Gasteiger partial charge in [0.05, 0.1) is 15.6 Å². The number of carbonyl (C=O) groups is 2. The summed E-state index contributed by atoms with van der Waals surface area (Å²) in [6, 6.07) is 5.02. The van der Waals surface area contributed by atoms with Crippen LogP contribution in [0.5, 0.6) is 5.75 Å². The SMILES string of the molecule is Cc1ccsc1C(=O)c1cc2c(cc1Cl)NC(=O)CO2. The summed E-state index contributed by atoms with van der Waals surface area (Å²) in [5, 5.41) is 4.82. The molecular formula is C14H10ClNO3S. The fraction of sp³-hybridized carbons (Fsp3) is 0.143. The van der Waals surface area contributed by atoms with Gasteiger partial charge >= 0.3 is 0 Å². The summed E-state index contributed by atoms with van der Waals surface area (Å²) >= 11 is 7.53. The highest BCUT2D eigenvalue weighted by Gasteiger charge is 2.22. The van der Waals surface area contributed by atoms with Crippen molar-refractivity contribution in [1.82, 2.24) is 0 Å². The molecule has 1 amide bonds. The van der Waals surface area contributed by atoms with Crippen LogP contribution in [0.2, 0.25) is 5.02 Å². The molecule has 102 valence electrons. The number of fused-ring (bicyclic) bond motifs is 1. The first-order valence-electron chi connectivity index (χ1n) is 5.91. The number of aryl methyl sites for hydroxylation is 1. The first-order chi connectivity index (χ1) is 9.56. The van der Waals surface area contributed by atoms with E-state index in [1.54, 1.807) is 12.1 Å². The van der Waals surface area contributed by atoms with Gasteiger partial charge in [-0.05, 0) is 36.1 Å². The lowest BCUT2D eigenvalue weighted by atomic mass is 10.1. The number of nitrogens with one attached hydrogen (secondary N) is 1. The highest BCUT2D eigenvalue weighted by atomic mass is 35.5. The van der Waals surface area contributed by atoms with E-state index in [4.69, 9.17) is 16.3 Å². The van der Waals surface area contributed by atoms with E-state index in [0.717, 1.165) is 5.56 Å². The third-order valence-electron chi connectivity index (χ3n) is 3.02. The molecule has 0 radical (unpaired) electrons. The smallest absolute Gasteiger partial charge is 0.262 e. The Morgan fingerprint density at radius 2 is 2.25 bits per heavy atom. The number of anilines is 1. The lowest BCUT2D eigenvalue weighted by Gasteiger charge is -2.19. The van der Waals surface area contributed by atoms with Gasteiger partial charge in [-0.25, -0.2) is 0 Å². The minimum absolute atomic E-state index is 0.0553. The Morgan fingerprint density at radius 1 is 1.45 bits per heavy atom.